The van der Waals surface area contributed by atoms with Gasteiger partial charge in [-0.1, -0.05) is 64.1 Å². The summed E-state index contributed by atoms with van der Waals surface area (Å²) in [5.41, 5.74) is 1.58. The normalized spacial score (nSPS) is 18.8. The largest absolute Gasteiger partial charge is 0.298 e. The summed E-state index contributed by atoms with van der Waals surface area (Å²) >= 11 is 4.86. The van der Waals surface area contributed by atoms with Crippen LogP contribution in [0, 0.1) is 0 Å². The first kappa shape index (κ1) is 17.1. The Labute approximate surface area is 163 Å². The van der Waals surface area contributed by atoms with Crippen LogP contribution in [0.25, 0.3) is 11.8 Å². The third-order valence-electron chi connectivity index (χ3n) is 4.05. The number of nitrogens with zero attached hydrogens (tertiary/aromatic N) is 3. The Balaban J connectivity index is 1.86. The Bertz CT molecular complexity index is 1050. The molecular formula is C19H15BrN4OS. The van der Waals surface area contributed by atoms with Crippen molar-refractivity contribution in [3.05, 3.63) is 75.2 Å². The van der Waals surface area contributed by atoms with Crippen molar-refractivity contribution in [2.45, 2.75) is 6.17 Å². The molecule has 0 unspecified atom stereocenters. The standard InChI is InChI=1S/C19H15BrN4OS/c1-26-19-22-18(25)17-14-11-13(20)8-9-15(14)21-16(24(17)23-19)10-7-12-5-3-2-4-6-12/h2-11,16H,1H3,(H,22,23,25)/b10-7+/t16-/m1/s1. The number of benzene rings is 2. The summed E-state index contributed by atoms with van der Waals surface area (Å²) in [5, 5.41) is 11.2. The molecule has 0 fully saturated rings. The second-order valence-electron chi connectivity index (χ2n) is 5.73. The summed E-state index contributed by atoms with van der Waals surface area (Å²) < 4.78 is 0.893. The molecule has 2 heterocycles. The molecule has 2 aliphatic heterocycles. The van der Waals surface area contributed by atoms with Gasteiger partial charge in [0.2, 0.25) is 0 Å². The fourth-order valence-electron chi connectivity index (χ4n) is 2.86. The van der Waals surface area contributed by atoms with E-state index >= 15 is 0 Å². The van der Waals surface area contributed by atoms with Gasteiger partial charge in [-0.25, -0.2) is 5.01 Å². The molecule has 1 atom stereocenters. The SMILES string of the molecule is CSC1=NN2C(=c3cc(Br)ccc3=N[C@H]2/C=C/c2ccccc2)C(=O)N1. The topological polar surface area (TPSA) is 57.1 Å². The molecule has 2 aromatic rings. The molecule has 0 radical (unpaired) electrons. The Morgan fingerprint density at radius 3 is 2.81 bits per heavy atom. The zero-order valence-electron chi connectivity index (χ0n) is 13.9. The number of rotatable bonds is 2. The van der Waals surface area contributed by atoms with Gasteiger partial charge in [-0.15, -0.1) is 5.10 Å². The van der Waals surface area contributed by atoms with E-state index in [4.69, 9.17) is 4.99 Å². The number of nitrogens with one attached hydrogen (secondary N) is 1. The van der Waals surface area contributed by atoms with Crippen LogP contribution in [0.15, 0.2) is 69.2 Å². The van der Waals surface area contributed by atoms with Crippen molar-refractivity contribution in [2.24, 2.45) is 10.1 Å². The lowest BCUT2D eigenvalue weighted by molar-refractivity contribution is -0.116. The van der Waals surface area contributed by atoms with Crippen LogP contribution < -0.4 is 15.9 Å². The van der Waals surface area contributed by atoms with Crippen molar-refractivity contribution in [3.8, 4) is 0 Å². The van der Waals surface area contributed by atoms with Crippen LogP contribution in [-0.4, -0.2) is 28.5 Å². The van der Waals surface area contributed by atoms with Gasteiger partial charge < -0.3 is 0 Å². The van der Waals surface area contributed by atoms with Crippen LogP contribution >= 0.6 is 27.7 Å². The maximum absolute atomic E-state index is 12.7. The highest BCUT2D eigenvalue weighted by Crippen LogP contribution is 2.21. The number of hydrogen-bond donors (Lipinski definition) is 1. The third-order valence-corrected chi connectivity index (χ3v) is 5.12. The minimum absolute atomic E-state index is 0.170. The molecule has 7 heteroatoms. The Hall–Kier alpha value is -2.38. The molecule has 0 aromatic heterocycles. The van der Waals surface area contributed by atoms with E-state index in [9.17, 15) is 4.79 Å². The average molecular weight is 427 g/mol. The second-order valence-corrected chi connectivity index (χ2v) is 7.44. The third kappa shape index (κ3) is 3.20. The molecule has 4 rings (SSSR count). The number of hydrazone groups is 1. The van der Waals surface area contributed by atoms with Crippen molar-refractivity contribution >= 4 is 50.5 Å². The molecule has 5 nitrogen and oxygen atoms in total. The van der Waals surface area contributed by atoms with E-state index in [1.165, 1.54) is 11.8 Å². The molecule has 0 aliphatic carbocycles. The summed E-state index contributed by atoms with van der Waals surface area (Å²) in [6, 6.07) is 15.7. The fraction of sp³-hybridized carbons (Fsp3) is 0.105. The number of fused-ring (bicyclic) bond motifs is 2. The van der Waals surface area contributed by atoms with Gasteiger partial charge in [0.15, 0.2) is 11.3 Å². The summed E-state index contributed by atoms with van der Waals surface area (Å²) in [5.74, 6) is -0.170. The molecule has 0 spiro atoms. The van der Waals surface area contributed by atoms with Gasteiger partial charge >= 0.3 is 0 Å². The molecule has 0 saturated carbocycles. The molecule has 130 valence electrons. The van der Waals surface area contributed by atoms with Gasteiger partial charge in [-0.05, 0) is 36.1 Å². The lowest BCUT2D eigenvalue weighted by Crippen LogP contribution is -2.52. The molecular weight excluding hydrogens is 412 g/mol. The minimum Gasteiger partial charge on any atom is -0.298 e. The van der Waals surface area contributed by atoms with E-state index in [2.05, 4.69) is 26.3 Å². The highest BCUT2D eigenvalue weighted by Gasteiger charge is 2.32. The monoisotopic (exact) mass is 426 g/mol. The molecule has 1 amide bonds. The van der Waals surface area contributed by atoms with E-state index in [0.29, 0.717) is 10.9 Å². The second kappa shape index (κ2) is 7.09. The van der Waals surface area contributed by atoms with Gasteiger partial charge in [0, 0.05) is 9.69 Å². The number of carbonyl (C=O) groups excluding carboxylic acids is 1. The number of amidine groups is 1. The summed E-state index contributed by atoms with van der Waals surface area (Å²) in [6.45, 7) is 0. The number of carbonyl (C=O) groups is 1. The number of hydrogen-bond acceptors (Lipinski definition) is 5. The first-order valence-electron chi connectivity index (χ1n) is 8.00. The van der Waals surface area contributed by atoms with E-state index in [1.807, 2.05) is 66.9 Å². The van der Waals surface area contributed by atoms with Crippen LogP contribution in [0.5, 0.6) is 0 Å². The zero-order chi connectivity index (χ0) is 18.1. The van der Waals surface area contributed by atoms with Gasteiger partial charge in [0.1, 0.15) is 5.70 Å². The number of halogens is 1. The van der Waals surface area contributed by atoms with Crippen LogP contribution in [0.1, 0.15) is 5.56 Å². The van der Waals surface area contributed by atoms with E-state index in [-0.39, 0.29) is 12.1 Å². The molecule has 0 bridgehead atoms. The van der Waals surface area contributed by atoms with Gasteiger partial charge in [-0.3, -0.25) is 15.1 Å². The highest BCUT2D eigenvalue weighted by atomic mass is 79.9. The van der Waals surface area contributed by atoms with Crippen molar-refractivity contribution in [2.75, 3.05) is 6.26 Å². The number of amides is 1. The number of thioether (sulfide) groups is 1. The average Bonchev–Trinajstić information content (AvgIpc) is 2.66. The summed E-state index contributed by atoms with van der Waals surface area (Å²) in [7, 11) is 0. The smallest absolute Gasteiger partial charge is 0.276 e. The van der Waals surface area contributed by atoms with Crippen LogP contribution in [-0.2, 0) is 4.79 Å². The van der Waals surface area contributed by atoms with Crippen LogP contribution in [0.3, 0.4) is 0 Å². The lowest BCUT2D eigenvalue weighted by atomic mass is 10.1. The molecule has 1 N–H and O–H groups in total. The van der Waals surface area contributed by atoms with Crippen LogP contribution in [0.4, 0.5) is 0 Å². The van der Waals surface area contributed by atoms with Gasteiger partial charge in [-0.2, -0.15) is 0 Å². The lowest BCUT2D eigenvalue weighted by Gasteiger charge is -2.32. The Morgan fingerprint density at radius 1 is 1.23 bits per heavy atom. The van der Waals surface area contributed by atoms with Crippen molar-refractivity contribution < 1.29 is 4.79 Å². The minimum atomic E-state index is -0.382. The molecule has 2 aromatic carbocycles. The van der Waals surface area contributed by atoms with E-state index < -0.39 is 0 Å². The zero-order valence-corrected chi connectivity index (χ0v) is 16.3. The Morgan fingerprint density at radius 2 is 2.04 bits per heavy atom. The maximum Gasteiger partial charge on any atom is 0.276 e. The Kier molecular flexibility index (Phi) is 4.65. The van der Waals surface area contributed by atoms with Crippen molar-refractivity contribution in [1.29, 1.82) is 0 Å². The molecule has 26 heavy (non-hydrogen) atoms. The first-order chi connectivity index (χ1) is 12.7. The van der Waals surface area contributed by atoms with Crippen molar-refractivity contribution in [3.63, 3.8) is 0 Å². The summed E-state index contributed by atoms with van der Waals surface area (Å²) in [6.07, 6.45) is 5.45. The molecule has 0 saturated heterocycles. The predicted molar refractivity (Wildman–Crippen MR) is 109 cm³/mol. The van der Waals surface area contributed by atoms with Crippen LogP contribution in [0.2, 0.25) is 0 Å². The highest BCUT2D eigenvalue weighted by molar-refractivity contribution is 9.10. The summed E-state index contributed by atoms with van der Waals surface area (Å²) in [4.78, 5) is 17.5. The quantitative estimate of drug-likeness (QED) is 0.801. The maximum atomic E-state index is 12.7. The van der Waals surface area contributed by atoms with E-state index in [1.54, 1.807) is 5.01 Å². The fourth-order valence-corrected chi connectivity index (χ4v) is 3.58. The van der Waals surface area contributed by atoms with Crippen molar-refractivity contribution in [1.82, 2.24) is 10.3 Å². The predicted octanol–water partition coefficient (Wildman–Crippen LogP) is 2.30. The first-order valence-corrected chi connectivity index (χ1v) is 10.0. The molecule has 2 aliphatic rings. The van der Waals surface area contributed by atoms with E-state index in [0.717, 1.165) is 20.6 Å². The van der Waals surface area contributed by atoms with Gasteiger partial charge in [0.25, 0.3) is 5.91 Å². The van der Waals surface area contributed by atoms with Gasteiger partial charge in [0.05, 0.1) is 5.36 Å².